The smallest absolute Gasteiger partial charge is 0.163 e. The third kappa shape index (κ3) is 2.98. The predicted molar refractivity (Wildman–Crippen MR) is 52.5 cm³/mol. The monoisotopic (exact) mass is 182 g/mol. The first-order chi connectivity index (χ1) is 6.13. The van der Waals surface area contributed by atoms with Crippen molar-refractivity contribution < 1.29 is 9.18 Å². The molecular weight excluding hydrogens is 167 g/mol. The van der Waals surface area contributed by atoms with Crippen molar-refractivity contribution in [2.45, 2.75) is 27.7 Å². The van der Waals surface area contributed by atoms with E-state index in [2.05, 4.69) is 0 Å². The second-order valence-electron chi connectivity index (χ2n) is 2.49. The standard InChI is InChI=1S/C9H9FO.C2H6/c1-6-4-3-5-8(10)9(6)7(2)11;1-2/h3-5H,1-2H3;1-2H3. The summed E-state index contributed by atoms with van der Waals surface area (Å²) in [5.74, 6) is -0.655. The van der Waals surface area contributed by atoms with E-state index in [1.165, 1.54) is 13.0 Å². The topological polar surface area (TPSA) is 17.1 Å². The fourth-order valence-corrected chi connectivity index (χ4v) is 1.08. The van der Waals surface area contributed by atoms with Crippen LogP contribution in [0.3, 0.4) is 0 Å². The van der Waals surface area contributed by atoms with E-state index in [9.17, 15) is 9.18 Å². The van der Waals surface area contributed by atoms with Crippen molar-refractivity contribution in [1.82, 2.24) is 0 Å². The van der Waals surface area contributed by atoms with E-state index in [4.69, 9.17) is 0 Å². The van der Waals surface area contributed by atoms with Gasteiger partial charge in [-0.05, 0) is 25.5 Å². The largest absolute Gasteiger partial charge is 0.294 e. The molecule has 1 nitrogen and oxygen atoms in total. The second-order valence-corrected chi connectivity index (χ2v) is 2.49. The Morgan fingerprint density at radius 1 is 1.31 bits per heavy atom. The summed E-state index contributed by atoms with van der Waals surface area (Å²) in [7, 11) is 0. The maximum Gasteiger partial charge on any atom is 0.163 e. The van der Waals surface area contributed by atoms with Gasteiger partial charge in [0.2, 0.25) is 0 Å². The number of hydrogen-bond acceptors (Lipinski definition) is 1. The minimum Gasteiger partial charge on any atom is -0.294 e. The Bertz CT molecular complexity index is 272. The molecule has 1 aromatic carbocycles. The first kappa shape index (κ1) is 11.8. The highest BCUT2D eigenvalue weighted by Gasteiger charge is 2.08. The van der Waals surface area contributed by atoms with Crippen LogP contribution in [0.5, 0.6) is 0 Å². The molecule has 13 heavy (non-hydrogen) atoms. The van der Waals surface area contributed by atoms with Crippen LogP contribution >= 0.6 is 0 Å². The van der Waals surface area contributed by atoms with E-state index >= 15 is 0 Å². The van der Waals surface area contributed by atoms with E-state index in [0.717, 1.165) is 0 Å². The molecule has 0 aliphatic heterocycles. The highest BCUT2D eigenvalue weighted by Crippen LogP contribution is 2.12. The molecule has 0 amide bonds. The minimum atomic E-state index is -0.433. The lowest BCUT2D eigenvalue weighted by molar-refractivity contribution is 0.101. The van der Waals surface area contributed by atoms with Gasteiger partial charge < -0.3 is 0 Å². The third-order valence-electron chi connectivity index (χ3n) is 1.57. The molecule has 1 aromatic rings. The van der Waals surface area contributed by atoms with Crippen LogP contribution in [0.2, 0.25) is 0 Å². The quantitative estimate of drug-likeness (QED) is 0.608. The van der Waals surface area contributed by atoms with Crippen LogP contribution in [-0.4, -0.2) is 5.78 Å². The molecule has 0 bridgehead atoms. The van der Waals surface area contributed by atoms with Crippen molar-refractivity contribution in [2.75, 3.05) is 0 Å². The average Bonchev–Trinajstić information content (AvgIpc) is 2.07. The molecule has 0 heterocycles. The lowest BCUT2D eigenvalue weighted by atomic mass is 10.1. The van der Waals surface area contributed by atoms with Gasteiger partial charge in [0.25, 0.3) is 0 Å². The molecule has 0 aromatic heterocycles. The number of Topliss-reactive ketones (excluding diaryl/α,β-unsaturated/α-hetero) is 1. The maximum absolute atomic E-state index is 12.9. The average molecular weight is 182 g/mol. The molecule has 1 rings (SSSR count). The van der Waals surface area contributed by atoms with Crippen LogP contribution in [0.1, 0.15) is 36.7 Å². The van der Waals surface area contributed by atoms with Gasteiger partial charge in [0.1, 0.15) is 5.82 Å². The normalized spacial score (nSPS) is 8.69. The highest BCUT2D eigenvalue weighted by molar-refractivity contribution is 5.95. The number of benzene rings is 1. The molecule has 2 heteroatoms. The Morgan fingerprint density at radius 2 is 1.85 bits per heavy atom. The molecule has 0 fully saturated rings. The predicted octanol–water partition coefficient (Wildman–Crippen LogP) is 3.36. The van der Waals surface area contributed by atoms with Gasteiger partial charge in [-0.25, -0.2) is 4.39 Å². The maximum atomic E-state index is 12.9. The highest BCUT2D eigenvalue weighted by atomic mass is 19.1. The van der Waals surface area contributed by atoms with Crippen LogP contribution in [0.4, 0.5) is 4.39 Å². The Hall–Kier alpha value is -1.18. The van der Waals surface area contributed by atoms with Crippen LogP contribution in [-0.2, 0) is 0 Å². The van der Waals surface area contributed by atoms with Crippen LogP contribution in [0.15, 0.2) is 18.2 Å². The molecule has 0 saturated heterocycles. The second kappa shape index (κ2) is 5.46. The van der Waals surface area contributed by atoms with Gasteiger partial charge in [-0.15, -0.1) is 0 Å². The van der Waals surface area contributed by atoms with E-state index in [0.29, 0.717) is 5.56 Å². The number of halogens is 1. The fraction of sp³-hybridized carbons (Fsp3) is 0.364. The number of aryl methyl sites for hydroxylation is 1. The van der Waals surface area contributed by atoms with Crippen molar-refractivity contribution in [3.05, 3.63) is 35.1 Å². The Balaban J connectivity index is 0.000000671. The summed E-state index contributed by atoms with van der Waals surface area (Å²) in [6.45, 7) is 7.09. The van der Waals surface area contributed by atoms with Crippen molar-refractivity contribution in [2.24, 2.45) is 0 Å². The lowest BCUT2D eigenvalue weighted by Gasteiger charge is -2.00. The summed E-state index contributed by atoms with van der Waals surface area (Å²) in [5, 5.41) is 0. The molecule has 0 N–H and O–H groups in total. The van der Waals surface area contributed by atoms with Crippen LogP contribution in [0.25, 0.3) is 0 Å². The SMILES string of the molecule is CC.CC(=O)c1c(C)cccc1F. The molecule has 0 unspecified atom stereocenters. The summed E-state index contributed by atoms with van der Waals surface area (Å²) >= 11 is 0. The Labute approximate surface area is 78.6 Å². The van der Waals surface area contributed by atoms with Crippen LogP contribution < -0.4 is 0 Å². The molecule has 0 radical (unpaired) electrons. The van der Waals surface area contributed by atoms with Gasteiger partial charge in [0.05, 0.1) is 5.56 Å². The number of rotatable bonds is 1. The summed E-state index contributed by atoms with van der Waals surface area (Å²) in [6, 6.07) is 4.61. The summed E-state index contributed by atoms with van der Waals surface area (Å²) < 4.78 is 12.9. The first-order valence-corrected chi connectivity index (χ1v) is 4.39. The number of ketones is 1. The summed E-state index contributed by atoms with van der Waals surface area (Å²) in [5.41, 5.74) is 0.894. The molecule has 72 valence electrons. The van der Waals surface area contributed by atoms with Crippen molar-refractivity contribution in [3.63, 3.8) is 0 Å². The zero-order chi connectivity index (χ0) is 10.4. The van der Waals surface area contributed by atoms with Gasteiger partial charge in [-0.3, -0.25) is 4.79 Å². The van der Waals surface area contributed by atoms with Crippen molar-refractivity contribution in [1.29, 1.82) is 0 Å². The van der Waals surface area contributed by atoms with E-state index in [1.54, 1.807) is 19.1 Å². The third-order valence-corrected chi connectivity index (χ3v) is 1.57. The van der Waals surface area contributed by atoms with Gasteiger partial charge in [0.15, 0.2) is 5.78 Å². The fourth-order valence-electron chi connectivity index (χ4n) is 1.08. The van der Waals surface area contributed by atoms with Crippen molar-refractivity contribution >= 4 is 5.78 Å². The summed E-state index contributed by atoms with van der Waals surface area (Å²) in [4.78, 5) is 10.8. The minimum absolute atomic E-state index is 0.201. The Kier molecular flexibility index (Phi) is 4.97. The number of carbonyl (C=O) groups excluding carboxylic acids is 1. The van der Waals surface area contributed by atoms with E-state index in [-0.39, 0.29) is 11.3 Å². The molecule has 0 spiro atoms. The number of carbonyl (C=O) groups is 1. The lowest BCUT2D eigenvalue weighted by Crippen LogP contribution is -1.99. The van der Waals surface area contributed by atoms with Crippen LogP contribution in [0, 0.1) is 12.7 Å². The molecular formula is C11H15FO. The Morgan fingerprint density at radius 3 is 2.15 bits per heavy atom. The van der Waals surface area contributed by atoms with E-state index in [1.807, 2.05) is 13.8 Å². The zero-order valence-electron chi connectivity index (χ0n) is 8.52. The first-order valence-electron chi connectivity index (χ1n) is 4.39. The molecule has 0 aliphatic rings. The zero-order valence-corrected chi connectivity index (χ0v) is 8.52. The van der Waals surface area contributed by atoms with Gasteiger partial charge in [-0.1, -0.05) is 26.0 Å². The molecule has 0 atom stereocenters. The molecule has 0 saturated carbocycles. The summed E-state index contributed by atoms with van der Waals surface area (Å²) in [6.07, 6.45) is 0. The molecule has 0 aliphatic carbocycles. The van der Waals surface area contributed by atoms with Crippen molar-refractivity contribution in [3.8, 4) is 0 Å². The van der Waals surface area contributed by atoms with Gasteiger partial charge >= 0.3 is 0 Å². The number of hydrogen-bond donors (Lipinski definition) is 0. The van der Waals surface area contributed by atoms with Gasteiger partial charge in [0, 0.05) is 0 Å². The van der Waals surface area contributed by atoms with E-state index < -0.39 is 5.82 Å². The van der Waals surface area contributed by atoms with Gasteiger partial charge in [-0.2, -0.15) is 0 Å².